The van der Waals surface area contributed by atoms with Gasteiger partial charge in [0.15, 0.2) is 11.5 Å². The first-order valence-electron chi connectivity index (χ1n) is 10.5. The molecule has 0 aliphatic heterocycles. The van der Waals surface area contributed by atoms with Crippen LogP contribution < -0.4 is 18.9 Å². The normalized spacial score (nSPS) is 10.9. The number of aromatic nitrogens is 1. The van der Waals surface area contributed by atoms with Crippen LogP contribution in [0.5, 0.6) is 17.2 Å². The number of benzene rings is 2. The van der Waals surface area contributed by atoms with Crippen molar-refractivity contribution < 1.29 is 27.4 Å². The predicted octanol–water partition coefficient (Wildman–Crippen LogP) is 3.57. The van der Waals surface area contributed by atoms with Gasteiger partial charge in [-0.05, 0) is 49.4 Å². The maximum Gasteiger partial charge on any atom is 0.261 e. The van der Waals surface area contributed by atoms with Crippen LogP contribution in [0.1, 0.15) is 23.0 Å². The minimum absolute atomic E-state index is 0.0194. The lowest BCUT2D eigenvalue weighted by atomic mass is 10.1. The summed E-state index contributed by atoms with van der Waals surface area (Å²) in [5.74, 6) is 0.701. The lowest BCUT2D eigenvalue weighted by Crippen LogP contribution is -2.28. The van der Waals surface area contributed by atoms with Gasteiger partial charge in [-0.2, -0.15) is 0 Å². The molecule has 1 amide bonds. The summed E-state index contributed by atoms with van der Waals surface area (Å²) in [4.78, 5) is 19.0. The van der Waals surface area contributed by atoms with Gasteiger partial charge >= 0.3 is 0 Å². The fourth-order valence-electron chi connectivity index (χ4n) is 3.24. The second-order valence-electron chi connectivity index (χ2n) is 7.24. The summed E-state index contributed by atoms with van der Waals surface area (Å²) in [5, 5.41) is 0. The van der Waals surface area contributed by atoms with Crippen molar-refractivity contribution in [3.63, 3.8) is 0 Å². The van der Waals surface area contributed by atoms with E-state index in [0.717, 1.165) is 0 Å². The molecule has 10 heteroatoms. The lowest BCUT2D eigenvalue weighted by molar-refractivity contribution is 0.0784. The third-order valence-corrected chi connectivity index (χ3v) is 6.30. The summed E-state index contributed by atoms with van der Waals surface area (Å²) in [7, 11) is 0.460. The topological polar surface area (TPSA) is 107 Å². The average molecular weight is 486 g/mol. The molecule has 0 aliphatic rings. The number of hydrogen-bond donors (Lipinski definition) is 1. The molecule has 3 aromatic rings. The van der Waals surface area contributed by atoms with E-state index in [0.29, 0.717) is 23.8 Å². The van der Waals surface area contributed by atoms with Gasteiger partial charge in [0.25, 0.3) is 15.9 Å². The lowest BCUT2D eigenvalue weighted by Gasteiger charge is -2.21. The Balaban J connectivity index is 1.97. The number of methoxy groups -OCH3 is 2. The van der Waals surface area contributed by atoms with Crippen LogP contribution in [0.25, 0.3) is 0 Å². The van der Waals surface area contributed by atoms with Crippen molar-refractivity contribution in [3.05, 3.63) is 72.1 Å². The molecule has 0 aliphatic carbocycles. The number of ether oxygens (including phenoxy) is 3. The van der Waals surface area contributed by atoms with E-state index in [4.69, 9.17) is 14.2 Å². The number of amides is 1. The number of hydrogen-bond acceptors (Lipinski definition) is 7. The Morgan fingerprint density at radius 3 is 2.29 bits per heavy atom. The second kappa shape index (κ2) is 10.9. The third-order valence-electron chi connectivity index (χ3n) is 4.92. The van der Waals surface area contributed by atoms with Crippen LogP contribution in [0.15, 0.2) is 65.7 Å². The molecule has 2 aromatic carbocycles. The van der Waals surface area contributed by atoms with Crippen LogP contribution in [-0.2, 0) is 16.6 Å². The molecule has 0 unspecified atom stereocenters. The van der Waals surface area contributed by atoms with Crippen LogP contribution in [0, 0.1) is 0 Å². The molecule has 0 saturated heterocycles. The first-order valence-corrected chi connectivity index (χ1v) is 11.9. The fourth-order valence-corrected chi connectivity index (χ4v) is 4.31. The highest BCUT2D eigenvalue weighted by Gasteiger charge is 2.24. The molecule has 0 spiro atoms. The van der Waals surface area contributed by atoms with Crippen molar-refractivity contribution in [1.29, 1.82) is 0 Å². The highest BCUT2D eigenvalue weighted by molar-refractivity contribution is 7.92. The number of carbonyl (C=O) groups excluding carboxylic acids is 1. The summed E-state index contributed by atoms with van der Waals surface area (Å²) < 4.78 is 44.7. The van der Waals surface area contributed by atoms with Crippen molar-refractivity contribution in [3.8, 4) is 17.2 Å². The molecule has 1 N–H and O–H groups in total. The van der Waals surface area contributed by atoms with Crippen LogP contribution in [-0.4, -0.2) is 52.1 Å². The van der Waals surface area contributed by atoms with Gasteiger partial charge in [-0.25, -0.2) is 8.42 Å². The molecule has 1 aromatic heterocycles. The Morgan fingerprint density at radius 2 is 1.71 bits per heavy atom. The molecular weight excluding hydrogens is 458 g/mol. The maximum atomic E-state index is 13.3. The highest BCUT2D eigenvalue weighted by atomic mass is 32.2. The van der Waals surface area contributed by atoms with Gasteiger partial charge < -0.3 is 19.1 Å². The SMILES string of the molecule is CCOc1ccc(S(=O)(=O)Nc2cc(OC)c(OC)cc2C(=O)N(C)Cc2ccccn2)cc1. The number of anilines is 1. The van der Waals surface area contributed by atoms with Crippen LogP contribution >= 0.6 is 0 Å². The zero-order valence-corrected chi connectivity index (χ0v) is 20.3. The van der Waals surface area contributed by atoms with E-state index >= 15 is 0 Å². The van der Waals surface area contributed by atoms with E-state index in [1.807, 2.05) is 13.0 Å². The Morgan fingerprint density at radius 1 is 1.03 bits per heavy atom. The standard InChI is InChI=1S/C24H27N3O6S/c1-5-33-18-9-11-19(12-10-18)34(29,30)26-21-15-23(32-4)22(31-3)14-20(21)24(28)27(2)16-17-8-6-7-13-25-17/h6-15,26H,5,16H2,1-4H3. The first-order chi connectivity index (χ1) is 16.3. The van der Waals surface area contributed by atoms with E-state index in [1.165, 1.54) is 43.4 Å². The summed E-state index contributed by atoms with van der Waals surface area (Å²) >= 11 is 0. The maximum absolute atomic E-state index is 13.3. The van der Waals surface area contributed by atoms with Gasteiger partial charge in [-0.15, -0.1) is 0 Å². The molecule has 3 rings (SSSR count). The molecular formula is C24H27N3O6S. The van der Waals surface area contributed by atoms with Crippen molar-refractivity contribution in [2.45, 2.75) is 18.4 Å². The Hall–Kier alpha value is -3.79. The van der Waals surface area contributed by atoms with E-state index in [9.17, 15) is 13.2 Å². The van der Waals surface area contributed by atoms with Crippen LogP contribution in [0.4, 0.5) is 5.69 Å². The quantitative estimate of drug-likeness (QED) is 0.468. The van der Waals surface area contributed by atoms with Crippen molar-refractivity contribution in [2.75, 3.05) is 32.6 Å². The summed E-state index contributed by atoms with van der Waals surface area (Å²) in [5.41, 5.74) is 0.852. The summed E-state index contributed by atoms with van der Waals surface area (Å²) in [6.45, 7) is 2.54. The van der Waals surface area contributed by atoms with Crippen LogP contribution in [0.2, 0.25) is 0 Å². The number of nitrogens with one attached hydrogen (secondary N) is 1. The number of sulfonamides is 1. The Bertz CT molecular complexity index is 1230. The molecule has 0 radical (unpaired) electrons. The van der Waals surface area contributed by atoms with Crippen LogP contribution in [0.3, 0.4) is 0 Å². The first kappa shape index (κ1) is 24.8. The number of rotatable bonds is 10. The monoisotopic (exact) mass is 485 g/mol. The van der Waals surface area contributed by atoms with Crippen molar-refractivity contribution in [1.82, 2.24) is 9.88 Å². The molecule has 1 heterocycles. The third kappa shape index (κ3) is 5.76. The smallest absolute Gasteiger partial charge is 0.261 e. The Labute approximate surface area is 199 Å². The summed E-state index contributed by atoms with van der Waals surface area (Å²) in [6.07, 6.45) is 1.64. The number of pyridine rings is 1. The minimum Gasteiger partial charge on any atom is -0.494 e. The molecule has 0 fully saturated rings. The van der Waals surface area contributed by atoms with Gasteiger partial charge in [-0.1, -0.05) is 6.07 Å². The molecule has 0 atom stereocenters. The van der Waals surface area contributed by atoms with E-state index in [1.54, 1.807) is 37.5 Å². The van der Waals surface area contributed by atoms with Gasteiger partial charge in [0.1, 0.15) is 5.75 Å². The zero-order chi connectivity index (χ0) is 24.7. The van der Waals surface area contributed by atoms with E-state index < -0.39 is 15.9 Å². The molecule has 180 valence electrons. The highest BCUT2D eigenvalue weighted by Crippen LogP contribution is 2.35. The van der Waals surface area contributed by atoms with Crippen molar-refractivity contribution >= 4 is 21.6 Å². The predicted molar refractivity (Wildman–Crippen MR) is 128 cm³/mol. The largest absolute Gasteiger partial charge is 0.494 e. The minimum atomic E-state index is -4.02. The average Bonchev–Trinajstić information content (AvgIpc) is 2.84. The van der Waals surface area contributed by atoms with Gasteiger partial charge in [0, 0.05) is 19.3 Å². The fraction of sp³-hybridized carbons (Fsp3) is 0.250. The van der Waals surface area contributed by atoms with Crippen molar-refractivity contribution in [2.24, 2.45) is 0 Å². The van der Waals surface area contributed by atoms with E-state index in [-0.39, 0.29) is 28.4 Å². The number of nitrogens with zero attached hydrogens (tertiary/aromatic N) is 2. The molecule has 0 saturated carbocycles. The van der Waals surface area contributed by atoms with Gasteiger partial charge in [0.2, 0.25) is 0 Å². The van der Waals surface area contributed by atoms with Gasteiger partial charge in [0.05, 0.1) is 49.2 Å². The zero-order valence-electron chi connectivity index (χ0n) is 19.4. The Kier molecular flexibility index (Phi) is 7.95. The number of carbonyl (C=O) groups is 1. The second-order valence-corrected chi connectivity index (χ2v) is 8.93. The van der Waals surface area contributed by atoms with Gasteiger partial charge in [-0.3, -0.25) is 14.5 Å². The molecule has 9 nitrogen and oxygen atoms in total. The van der Waals surface area contributed by atoms with E-state index in [2.05, 4.69) is 9.71 Å². The molecule has 34 heavy (non-hydrogen) atoms. The molecule has 0 bridgehead atoms. The summed E-state index contributed by atoms with van der Waals surface area (Å²) in [6, 6.07) is 14.3.